The first-order valence-corrected chi connectivity index (χ1v) is 7.19. The van der Waals surface area contributed by atoms with Crippen molar-refractivity contribution >= 4 is 0 Å². The van der Waals surface area contributed by atoms with E-state index < -0.39 is 0 Å². The Hall–Kier alpha value is -2.47. The average molecular weight is 319 g/mol. The van der Waals surface area contributed by atoms with E-state index in [9.17, 15) is 9.50 Å². The number of halogens is 1. The molecular formula is C17H18FNO4. The molecule has 1 aliphatic rings. The van der Waals surface area contributed by atoms with Crippen LogP contribution in [0.25, 0.3) is 0 Å². The largest absolute Gasteiger partial charge is 0.507 e. The third kappa shape index (κ3) is 3.32. The summed E-state index contributed by atoms with van der Waals surface area (Å²) in [6, 6.07) is 8.20. The maximum Gasteiger partial charge on any atom is 0.231 e. The zero-order chi connectivity index (χ0) is 16.4. The lowest BCUT2D eigenvalue weighted by Gasteiger charge is -2.18. The van der Waals surface area contributed by atoms with Crippen molar-refractivity contribution in [2.75, 3.05) is 21.0 Å². The molecule has 2 aromatic carbocycles. The molecule has 1 N–H and O–H groups in total. The number of ether oxygens (including phenoxy) is 3. The Morgan fingerprint density at radius 3 is 2.61 bits per heavy atom. The minimum Gasteiger partial charge on any atom is -0.507 e. The van der Waals surface area contributed by atoms with Gasteiger partial charge in [-0.3, -0.25) is 4.90 Å². The average Bonchev–Trinajstić information content (AvgIpc) is 2.94. The monoisotopic (exact) mass is 319 g/mol. The van der Waals surface area contributed by atoms with Crippen molar-refractivity contribution in [1.82, 2.24) is 4.90 Å². The first-order valence-electron chi connectivity index (χ1n) is 7.19. The first kappa shape index (κ1) is 15.4. The Labute approximate surface area is 133 Å². The van der Waals surface area contributed by atoms with E-state index in [0.29, 0.717) is 24.6 Å². The van der Waals surface area contributed by atoms with Crippen LogP contribution in [0.3, 0.4) is 0 Å². The molecule has 0 bridgehead atoms. The molecule has 0 aromatic heterocycles. The Morgan fingerprint density at radius 1 is 1.17 bits per heavy atom. The van der Waals surface area contributed by atoms with Crippen LogP contribution in [-0.4, -0.2) is 31.0 Å². The fourth-order valence-corrected chi connectivity index (χ4v) is 2.57. The van der Waals surface area contributed by atoms with Crippen molar-refractivity contribution in [3.8, 4) is 23.0 Å². The number of rotatable bonds is 5. The molecule has 6 heteroatoms. The minimum atomic E-state index is -0.385. The third-order valence-corrected chi connectivity index (χ3v) is 3.68. The van der Waals surface area contributed by atoms with Gasteiger partial charge in [0.25, 0.3) is 0 Å². The summed E-state index contributed by atoms with van der Waals surface area (Å²) < 4.78 is 29.2. The SMILES string of the molecule is COc1ccc(CN(C)Cc2cc3c(cc2O)OCO3)cc1F. The van der Waals surface area contributed by atoms with E-state index in [2.05, 4.69) is 0 Å². The van der Waals surface area contributed by atoms with Crippen molar-refractivity contribution < 1.29 is 23.7 Å². The summed E-state index contributed by atoms with van der Waals surface area (Å²) in [7, 11) is 3.33. The normalized spacial score (nSPS) is 12.7. The number of hydrogen-bond acceptors (Lipinski definition) is 5. The standard InChI is InChI=1S/C17H18FNO4/c1-19(8-11-3-4-15(21-2)13(18)5-11)9-12-6-16-17(7-14(12)20)23-10-22-16/h3-7,20H,8-10H2,1-2H3. The van der Waals surface area contributed by atoms with Crippen LogP contribution in [0, 0.1) is 5.82 Å². The molecule has 3 rings (SSSR count). The summed E-state index contributed by atoms with van der Waals surface area (Å²) in [5.74, 6) is 1.17. The second-order valence-electron chi connectivity index (χ2n) is 5.48. The molecule has 1 aliphatic heterocycles. The van der Waals surface area contributed by atoms with E-state index in [1.54, 1.807) is 18.2 Å². The quantitative estimate of drug-likeness (QED) is 0.918. The van der Waals surface area contributed by atoms with E-state index in [-0.39, 0.29) is 24.1 Å². The number of aromatic hydroxyl groups is 1. The number of nitrogens with zero attached hydrogens (tertiary/aromatic N) is 1. The highest BCUT2D eigenvalue weighted by atomic mass is 19.1. The van der Waals surface area contributed by atoms with Gasteiger partial charge in [-0.15, -0.1) is 0 Å². The highest BCUT2D eigenvalue weighted by Gasteiger charge is 2.18. The topological polar surface area (TPSA) is 51.2 Å². The van der Waals surface area contributed by atoms with Gasteiger partial charge in [0.1, 0.15) is 5.75 Å². The fourth-order valence-electron chi connectivity index (χ4n) is 2.57. The van der Waals surface area contributed by atoms with Crippen LogP contribution in [0.4, 0.5) is 4.39 Å². The van der Waals surface area contributed by atoms with Gasteiger partial charge in [0, 0.05) is 24.7 Å². The third-order valence-electron chi connectivity index (χ3n) is 3.68. The van der Waals surface area contributed by atoms with E-state index in [4.69, 9.17) is 14.2 Å². The Kier molecular flexibility index (Phi) is 4.25. The maximum atomic E-state index is 13.7. The number of fused-ring (bicyclic) bond motifs is 1. The van der Waals surface area contributed by atoms with Crippen molar-refractivity contribution in [3.05, 3.63) is 47.3 Å². The van der Waals surface area contributed by atoms with Crippen LogP contribution in [0.1, 0.15) is 11.1 Å². The predicted molar refractivity (Wildman–Crippen MR) is 82.4 cm³/mol. The van der Waals surface area contributed by atoms with E-state index in [1.165, 1.54) is 13.2 Å². The molecule has 23 heavy (non-hydrogen) atoms. The molecule has 2 aromatic rings. The van der Waals surface area contributed by atoms with Gasteiger partial charge < -0.3 is 19.3 Å². The molecule has 0 radical (unpaired) electrons. The highest BCUT2D eigenvalue weighted by Crippen LogP contribution is 2.38. The molecule has 0 amide bonds. The second kappa shape index (κ2) is 6.34. The highest BCUT2D eigenvalue weighted by molar-refractivity contribution is 5.51. The predicted octanol–water partition coefficient (Wildman–Crippen LogP) is 2.90. The molecule has 0 atom stereocenters. The first-order chi connectivity index (χ1) is 11.1. The molecule has 5 nitrogen and oxygen atoms in total. The van der Waals surface area contributed by atoms with Crippen LogP contribution >= 0.6 is 0 Å². The van der Waals surface area contributed by atoms with Crippen LogP contribution in [-0.2, 0) is 13.1 Å². The van der Waals surface area contributed by atoms with Gasteiger partial charge in [-0.1, -0.05) is 6.07 Å². The van der Waals surface area contributed by atoms with Gasteiger partial charge >= 0.3 is 0 Å². The van der Waals surface area contributed by atoms with E-state index in [0.717, 1.165) is 11.1 Å². The lowest BCUT2D eigenvalue weighted by molar-refractivity contribution is 0.174. The van der Waals surface area contributed by atoms with Crippen LogP contribution in [0.15, 0.2) is 30.3 Å². The molecule has 0 spiro atoms. The molecule has 122 valence electrons. The number of methoxy groups -OCH3 is 1. The van der Waals surface area contributed by atoms with Gasteiger partial charge in [0.05, 0.1) is 7.11 Å². The molecule has 0 aliphatic carbocycles. The number of phenolic OH excluding ortho intramolecular Hbond substituents is 1. The molecule has 0 unspecified atom stereocenters. The van der Waals surface area contributed by atoms with Gasteiger partial charge in [-0.05, 0) is 30.8 Å². The lowest BCUT2D eigenvalue weighted by Crippen LogP contribution is -2.17. The summed E-state index contributed by atoms with van der Waals surface area (Å²) >= 11 is 0. The summed E-state index contributed by atoms with van der Waals surface area (Å²) in [4.78, 5) is 1.97. The molecule has 0 saturated carbocycles. The lowest BCUT2D eigenvalue weighted by atomic mass is 10.1. The van der Waals surface area contributed by atoms with Crippen LogP contribution < -0.4 is 14.2 Å². The van der Waals surface area contributed by atoms with Crippen LogP contribution in [0.2, 0.25) is 0 Å². The Morgan fingerprint density at radius 2 is 1.91 bits per heavy atom. The van der Waals surface area contributed by atoms with Crippen molar-refractivity contribution in [2.24, 2.45) is 0 Å². The Balaban J connectivity index is 1.70. The number of benzene rings is 2. The van der Waals surface area contributed by atoms with Crippen molar-refractivity contribution in [1.29, 1.82) is 0 Å². The summed E-state index contributed by atoms with van der Waals surface area (Å²) in [5.41, 5.74) is 1.55. The molecule has 0 fully saturated rings. The zero-order valence-electron chi connectivity index (χ0n) is 13.0. The van der Waals surface area contributed by atoms with E-state index >= 15 is 0 Å². The fraction of sp³-hybridized carbons (Fsp3) is 0.294. The smallest absolute Gasteiger partial charge is 0.231 e. The number of hydrogen-bond donors (Lipinski definition) is 1. The van der Waals surface area contributed by atoms with Gasteiger partial charge in [0.15, 0.2) is 23.1 Å². The summed E-state index contributed by atoms with van der Waals surface area (Å²) in [6.45, 7) is 1.20. The summed E-state index contributed by atoms with van der Waals surface area (Å²) in [6.07, 6.45) is 0. The molecular weight excluding hydrogens is 301 g/mol. The van der Waals surface area contributed by atoms with Crippen LogP contribution in [0.5, 0.6) is 23.0 Å². The minimum absolute atomic E-state index is 0.155. The van der Waals surface area contributed by atoms with E-state index in [1.807, 2.05) is 18.0 Å². The second-order valence-corrected chi connectivity index (χ2v) is 5.48. The maximum absolute atomic E-state index is 13.7. The van der Waals surface area contributed by atoms with Crippen molar-refractivity contribution in [3.63, 3.8) is 0 Å². The zero-order valence-corrected chi connectivity index (χ0v) is 13.0. The van der Waals surface area contributed by atoms with Gasteiger partial charge in [-0.2, -0.15) is 0 Å². The Bertz CT molecular complexity index is 720. The van der Waals surface area contributed by atoms with Crippen molar-refractivity contribution in [2.45, 2.75) is 13.1 Å². The summed E-state index contributed by atoms with van der Waals surface area (Å²) in [5, 5.41) is 10.1. The number of phenols is 1. The van der Waals surface area contributed by atoms with Gasteiger partial charge in [0.2, 0.25) is 6.79 Å². The molecule has 1 heterocycles. The molecule has 0 saturated heterocycles. The van der Waals surface area contributed by atoms with Gasteiger partial charge in [-0.25, -0.2) is 4.39 Å².